The molecule has 2 heterocycles. The molecular weight excluding hydrogens is 221 g/mol. The number of pyridine rings is 1. The molecule has 0 fully saturated rings. The van der Waals surface area contributed by atoms with Crippen LogP contribution in [0.3, 0.4) is 0 Å². The number of benzene rings is 1. The first kappa shape index (κ1) is 9.77. The average Bonchev–Trinajstić information content (AvgIpc) is 2.72. The molecule has 3 rings (SSSR count). The van der Waals surface area contributed by atoms with E-state index in [9.17, 15) is 9.50 Å². The van der Waals surface area contributed by atoms with Gasteiger partial charge in [-0.15, -0.1) is 0 Å². The van der Waals surface area contributed by atoms with E-state index in [0.717, 1.165) is 0 Å². The van der Waals surface area contributed by atoms with E-state index < -0.39 is 0 Å². The summed E-state index contributed by atoms with van der Waals surface area (Å²) < 4.78 is 13.0. The second kappa shape index (κ2) is 3.55. The van der Waals surface area contributed by atoms with Gasteiger partial charge in [-0.3, -0.25) is 4.98 Å². The molecule has 0 atom stereocenters. The van der Waals surface area contributed by atoms with Crippen LogP contribution >= 0.6 is 0 Å². The molecule has 84 valence electrons. The first-order valence-corrected chi connectivity index (χ1v) is 5.02. The van der Waals surface area contributed by atoms with E-state index in [4.69, 9.17) is 0 Å². The lowest BCUT2D eigenvalue weighted by Crippen LogP contribution is -1.81. The van der Waals surface area contributed by atoms with Crippen LogP contribution in [-0.2, 0) is 0 Å². The van der Waals surface area contributed by atoms with Gasteiger partial charge in [0.1, 0.15) is 17.4 Å². The van der Waals surface area contributed by atoms with E-state index in [1.807, 2.05) is 0 Å². The molecule has 0 saturated heterocycles. The highest BCUT2D eigenvalue weighted by Crippen LogP contribution is 2.22. The maximum atomic E-state index is 13.0. The van der Waals surface area contributed by atoms with Crippen molar-refractivity contribution < 1.29 is 9.50 Å². The summed E-state index contributed by atoms with van der Waals surface area (Å²) >= 11 is 0. The number of halogens is 1. The fourth-order valence-corrected chi connectivity index (χ4v) is 1.68. The predicted molar refractivity (Wildman–Crippen MR) is 60.9 cm³/mol. The average molecular weight is 229 g/mol. The van der Waals surface area contributed by atoms with Crippen LogP contribution in [0.2, 0.25) is 0 Å². The smallest absolute Gasteiger partial charge is 0.140 e. The van der Waals surface area contributed by atoms with Gasteiger partial charge in [0.05, 0.1) is 17.2 Å². The molecule has 0 unspecified atom stereocenters. The molecule has 0 saturated carbocycles. The lowest BCUT2D eigenvalue weighted by Gasteiger charge is -1.95. The molecule has 2 aromatic heterocycles. The molecule has 17 heavy (non-hydrogen) atoms. The van der Waals surface area contributed by atoms with E-state index in [2.05, 4.69) is 15.0 Å². The summed E-state index contributed by atoms with van der Waals surface area (Å²) in [5.41, 5.74) is 1.94. The molecule has 4 nitrogen and oxygen atoms in total. The second-order valence-corrected chi connectivity index (χ2v) is 3.68. The molecule has 1 aromatic carbocycles. The number of nitrogens with zero attached hydrogens (tertiary/aromatic N) is 2. The Bertz CT molecular complexity index is 693. The van der Waals surface area contributed by atoms with Crippen molar-refractivity contribution >= 4 is 11.0 Å². The third-order valence-electron chi connectivity index (χ3n) is 2.44. The van der Waals surface area contributed by atoms with Gasteiger partial charge in [-0.05, 0) is 24.3 Å². The summed E-state index contributed by atoms with van der Waals surface area (Å²) in [5, 5.41) is 9.33. The fourth-order valence-electron chi connectivity index (χ4n) is 1.68. The second-order valence-electron chi connectivity index (χ2n) is 3.68. The van der Waals surface area contributed by atoms with Crippen LogP contribution in [0.1, 0.15) is 0 Å². The highest BCUT2D eigenvalue weighted by Gasteiger charge is 2.06. The van der Waals surface area contributed by atoms with Gasteiger partial charge in [-0.25, -0.2) is 9.37 Å². The first-order valence-electron chi connectivity index (χ1n) is 5.02. The van der Waals surface area contributed by atoms with Crippen molar-refractivity contribution in [2.45, 2.75) is 0 Å². The Balaban J connectivity index is 2.18. The minimum absolute atomic E-state index is 0.0640. The van der Waals surface area contributed by atoms with Crippen molar-refractivity contribution in [3.05, 3.63) is 42.5 Å². The minimum Gasteiger partial charge on any atom is -0.506 e. The van der Waals surface area contributed by atoms with Crippen LogP contribution in [0.4, 0.5) is 4.39 Å². The van der Waals surface area contributed by atoms with Crippen molar-refractivity contribution in [3.63, 3.8) is 0 Å². The zero-order chi connectivity index (χ0) is 11.8. The van der Waals surface area contributed by atoms with Gasteiger partial charge in [0, 0.05) is 11.8 Å². The SMILES string of the molecule is Oc1cncc(-c2nc3ccc(F)cc3[nH]2)c1. The van der Waals surface area contributed by atoms with Gasteiger partial charge in [0.15, 0.2) is 0 Å². The highest BCUT2D eigenvalue weighted by atomic mass is 19.1. The Morgan fingerprint density at radius 2 is 2.06 bits per heavy atom. The lowest BCUT2D eigenvalue weighted by atomic mass is 10.2. The van der Waals surface area contributed by atoms with Crippen LogP contribution < -0.4 is 0 Å². The van der Waals surface area contributed by atoms with Crippen LogP contribution in [0.15, 0.2) is 36.7 Å². The largest absolute Gasteiger partial charge is 0.506 e. The number of aromatic hydroxyl groups is 1. The van der Waals surface area contributed by atoms with Gasteiger partial charge in [-0.1, -0.05) is 0 Å². The maximum Gasteiger partial charge on any atom is 0.140 e. The van der Waals surface area contributed by atoms with E-state index in [1.165, 1.54) is 18.3 Å². The normalized spacial score (nSPS) is 10.9. The van der Waals surface area contributed by atoms with E-state index in [-0.39, 0.29) is 11.6 Å². The maximum absolute atomic E-state index is 13.0. The van der Waals surface area contributed by atoms with Gasteiger partial charge < -0.3 is 10.1 Å². The van der Waals surface area contributed by atoms with Crippen molar-refractivity contribution in [2.75, 3.05) is 0 Å². The number of imidazole rings is 1. The fraction of sp³-hybridized carbons (Fsp3) is 0. The quantitative estimate of drug-likeness (QED) is 0.673. The molecule has 0 aliphatic carbocycles. The zero-order valence-electron chi connectivity index (χ0n) is 8.68. The van der Waals surface area contributed by atoms with Crippen LogP contribution in [-0.4, -0.2) is 20.1 Å². The van der Waals surface area contributed by atoms with Crippen molar-refractivity contribution in [2.24, 2.45) is 0 Å². The summed E-state index contributed by atoms with van der Waals surface area (Å²) in [5.74, 6) is 0.296. The van der Waals surface area contributed by atoms with E-state index >= 15 is 0 Å². The molecule has 0 aliphatic rings. The Morgan fingerprint density at radius 1 is 1.18 bits per heavy atom. The highest BCUT2D eigenvalue weighted by molar-refractivity contribution is 5.79. The molecular formula is C12H8FN3O. The standard InChI is InChI=1S/C12H8FN3O/c13-8-1-2-10-11(4-8)16-12(15-10)7-3-9(17)6-14-5-7/h1-6,17H,(H,15,16). The number of aromatic nitrogens is 3. The van der Waals surface area contributed by atoms with Gasteiger partial charge in [0.2, 0.25) is 0 Å². The Kier molecular flexibility index (Phi) is 2.04. The third-order valence-corrected chi connectivity index (χ3v) is 2.44. The number of nitrogens with one attached hydrogen (secondary N) is 1. The first-order chi connectivity index (χ1) is 8.22. The van der Waals surface area contributed by atoms with Crippen molar-refractivity contribution in [1.29, 1.82) is 0 Å². The summed E-state index contributed by atoms with van der Waals surface area (Å²) in [6.07, 6.45) is 2.92. The summed E-state index contributed by atoms with van der Waals surface area (Å²) in [7, 11) is 0. The van der Waals surface area contributed by atoms with Gasteiger partial charge in [-0.2, -0.15) is 0 Å². The minimum atomic E-state index is -0.318. The number of hydrogen-bond donors (Lipinski definition) is 2. The lowest BCUT2D eigenvalue weighted by molar-refractivity contribution is 0.473. The number of fused-ring (bicyclic) bond motifs is 1. The number of aromatic amines is 1. The molecule has 0 spiro atoms. The summed E-state index contributed by atoms with van der Waals surface area (Å²) in [6.45, 7) is 0. The number of H-pyrrole nitrogens is 1. The number of hydrogen-bond acceptors (Lipinski definition) is 3. The monoisotopic (exact) mass is 229 g/mol. The predicted octanol–water partition coefficient (Wildman–Crippen LogP) is 2.47. The molecule has 0 radical (unpaired) electrons. The zero-order valence-corrected chi connectivity index (χ0v) is 8.68. The molecule has 3 aromatic rings. The van der Waals surface area contributed by atoms with Crippen molar-refractivity contribution in [1.82, 2.24) is 15.0 Å². The summed E-state index contributed by atoms with van der Waals surface area (Å²) in [6, 6.07) is 5.87. The Hall–Kier alpha value is -2.43. The van der Waals surface area contributed by atoms with Crippen LogP contribution in [0.25, 0.3) is 22.4 Å². The number of rotatable bonds is 1. The molecule has 0 amide bonds. The molecule has 0 bridgehead atoms. The van der Waals surface area contributed by atoms with Gasteiger partial charge in [0.25, 0.3) is 0 Å². The van der Waals surface area contributed by atoms with Gasteiger partial charge >= 0.3 is 0 Å². The molecule has 5 heteroatoms. The topological polar surface area (TPSA) is 61.8 Å². The molecule has 0 aliphatic heterocycles. The molecule has 2 N–H and O–H groups in total. The summed E-state index contributed by atoms with van der Waals surface area (Å²) in [4.78, 5) is 11.1. The van der Waals surface area contributed by atoms with Crippen LogP contribution in [0.5, 0.6) is 5.75 Å². The van der Waals surface area contributed by atoms with Crippen LogP contribution in [0, 0.1) is 5.82 Å². The third kappa shape index (κ3) is 1.71. The van der Waals surface area contributed by atoms with E-state index in [1.54, 1.807) is 18.3 Å². The van der Waals surface area contributed by atoms with Crippen molar-refractivity contribution in [3.8, 4) is 17.1 Å². The van der Waals surface area contributed by atoms with E-state index in [0.29, 0.717) is 22.4 Å². The Morgan fingerprint density at radius 3 is 2.88 bits per heavy atom. The Labute approximate surface area is 95.8 Å².